The molecule has 0 N–H and O–H groups in total. The molecule has 7 nitrogen and oxygen atoms in total. The number of hydrogen-bond donors (Lipinski definition) is 0. The number of amides is 1. The lowest BCUT2D eigenvalue weighted by Gasteiger charge is -2.39. The van der Waals surface area contributed by atoms with Crippen LogP contribution in [0.15, 0.2) is 4.52 Å². The standard InChI is InChI=1S/C18H31N5O2/c1-4-5-6-18-19-17(20-25-18)13-21-11-14(2)16(12-21)23-9-7-22(8-10-23)15(3)24/h14,16H,4-13H2,1-3H3/t14-,16-/m1/s1. The highest BCUT2D eigenvalue weighted by Gasteiger charge is 2.35. The van der Waals surface area contributed by atoms with Crippen molar-refractivity contribution in [2.45, 2.75) is 52.6 Å². The summed E-state index contributed by atoms with van der Waals surface area (Å²) in [6.07, 6.45) is 3.11. The SMILES string of the molecule is CCCCc1nc(CN2C[C@@H](C)[C@H](N3CCN(C(C)=O)CC3)C2)no1. The first kappa shape index (κ1) is 18.3. The van der Waals surface area contributed by atoms with Gasteiger partial charge < -0.3 is 9.42 Å². The molecule has 140 valence electrons. The van der Waals surface area contributed by atoms with E-state index in [2.05, 4.69) is 33.8 Å². The first-order valence-corrected chi connectivity index (χ1v) is 9.60. The minimum Gasteiger partial charge on any atom is -0.340 e. The monoisotopic (exact) mass is 349 g/mol. The van der Waals surface area contributed by atoms with Gasteiger partial charge in [-0.25, -0.2) is 0 Å². The van der Waals surface area contributed by atoms with Crippen molar-refractivity contribution in [2.24, 2.45) is 5.92 Å². The minimum atomic E-state index is 0.191. The molecule has 0 bridgehead atoms. The van der Waals surface area contributed by atoms with Gasteiger partial charge in [0.05, 0.1) is 6.54 Å². The second-order valence-electron chi connectivity index (χ2n) is 7.49. The first-order valence-electron chi connectivity index (χ1n) is 9.60. The second kappa shape index (κ2) is 8.27. The molecular weight excluding hydrogens is 318 g/mol. The molecule has 3 rings (SSSR count). The average Bonchev–Trinajstić information content (AvgIpc) is 3.19. The normalized spacial score (nSPS) is 25.6. The Labute approximate surface area is 150 Å². The number of piperazine rings is 1. The number of aryl methyl sites for hydroxylation is 1. The Kier molecular flexibility index (Phi) is 6.06. The van der Waals surface area contributed by atoms with Gasteiger partial charge in [-0.2, -0.15) is 4.98 Å². The van der Waals surface area contributed by atoms with E-state index in [-0.39, 0.29) is 5.91 Å². The highest BCUT2D eigenvalue weighted by atomic mass is 16.5. The number of carbonyl (C=O) groups excluding carboxylic acids is 1. The van der Waals surface area contributed by atoms with Crippen molar-refractivity contribution in [2.75, 3.05) is 39.3 Å². The zero-order chi connectivity index (χ0) is 17.8. The molecule has 0 aromatic carbocycles. The molecule has 3 heterocycles. The summed E-state index contributed by atoms with van der Waals surface area (Å²) in [6.45, 7) is 12.7. The van der Waals surface area contributed by atoms with E-state index in [0.29, 0.717) is 12.0 Å². The molecule has 2 fully saturated rings. The van der Waals surface area contributed by atoms with Crippen molar-refractivity contribution >= 4 is 5.91 Å². The molecule has 25 heavy (non-hydrogen) atoms. The summed E-state index contributed by atoms with van der Waals surface area (Å²) in [5.74, 6) is 2.38. The molecule has 0 unspecified atom stereocenters. The van der Waals surface area contributed by atoms with E-state index in [1.807, 2.05) is 4.90 Å². The summed E-state index contributed by atoms with van der Waals surface area (Å²) in [5, 5.41) is 4.14. The molecule has 1 amide bonds. The molecule has 1 aromatic rings. The Bertz CT molecular complexity index is 568. The zero-order valence-corrected chi connectivity index (χ0v) is 15.8. The highest BCUT2D eigenvalue weighted by Crippen LogP contribution is 2.24. The number of hydrogen-bond acceptors (Lipinski definition) is 6. The number of likely N-dealkylation sites (tertiary alicyclic amines) is 1. The largest absolute Gasteiger partial charge is 0.340 e. The van der Waals surface area contributed by atoms with Crippen LogP contribution in [0.1, 0.15) is 45.3 Å². The Balaban J connectivity index is 1.50. The Morgan fingerprint density at radius 3 is 2.68 bits per heavy atom. The van der Waals surface area contributed by atoms with E-state index in [9.17, 15) is 4.79 Å². The van der Waals surface area contributed by atoms with E-state index in [1.54, 1.807) is 6.92 Å². The molecule has 2 aliphatic heterocycles. The smallest absolute Gasteiger partial charge is 0.226 e. The van der Waals surface area contributed by atoms with E-state index in [1.165, 1.54) is 0 Å². The van der Waals surface area contributed by atoms with Crippen LogP contribution in [0.3, 0.4) is 0 Å². The van der Waals surface area contributed by atoms with E-state index < -0.39 is 0 Å². The quantitative estimate of drug-likeness (QED) is 0.773. The van der Waals surface area contributed by atoms with Crippen molar-refractivity contribution in [1.29, 1.82) is 0 Å². The van der Waals surface area contributed by atoms with Crippen molar-refractivity contribution in [3.05, 3.63) is 11.7 Å². The van der Waals surface area contributed by atoms with Gasteiger partial charge >= 0.3 is 0 Å². The van der Waals surface area contributed by atoms with Gasteiger partial charge in [-0.3, -0.25) is 14.6 Å². The molecule has 0 aliphatic carbocycles. The van der Waals surface area contributed by atoms with Crippen molar-refractivity contribution in [3.8, 4) is 0 Å². The maximum absolute atomic E-state index is 11.5. The fourth-order valence-electron chi connectivity index (χ4n) is 4.00. The summed E-state index contributed by atoms with van der Waals surface area (Å²) >= 11 is 0. The van der Waals surface area contributed by atoms with E-state index in [0.717, 1.165) is 76.8 Å². The van der Waals surface area contributed by atoms with Crippen molar-refractivity contribution in [1.82, 2.24) is 24.8 Å². The molecule has 0 spiro atoms. The average molecular weight is 349 g/mol. The fraction of sp³-hybridized carbons (Fsp3) is 0.833. The van der Waals surface area contributed by atoms with E-state index in [4.69, 9.17) is 4.52 Å². The third-order valence-electron chi connectivity index (χ3n) is 5.50. The van der Waals surface area contributed by atoms with Crippen molar-refractivity contribution in [3.63, 3.8) is 0 Å². The summed E-state index contributed by atoms with van der Waals surface area (Å²) in [5.41, 5.74) is 0. The molecule has 7 heteroatoms. The van der Waals surface area contributed by atoms with Gasteiger partial charge in [0.1, 0.15) is 0 Å². The van der Waals surface area contributed by atoms with Crippen LogP contribution in [0.25, 0.3) is 0 Å². The Morgan fingerprint density at radius 1 is 1.24 bits per heavy atom. The maximum Gasteiger partial charge on any atom is 0.226 e. The predicted octanol–water partition coefficient (Wildman–Crippen LogP) is 1.40. The highest BCUT2D eigenvalue weighted by molar-refractivity contribution is 5.73. The molecule has 1 aromatic heterocycles. The summed E-state index contributed by atoms with van der Waals surface area (Å²) in [7, 11) is 0. The van der Waals surface area contributed by atoms with Gasteiger partial charge in [-0.1, -0.05) is 25.4 Å². The van der Waals surface area contributed by atoms with Crippen LogP contribution in [0.4, 0.5) is 0 Å². The van der Waals surface area contributed by atoms with Crippen LogP contribution in [0, 0.1) is 5.92 Å². The maximum atomic E-state index is 11.5. The van der Waals surface area contributed by atoms with Gasteiger partial charge in [0.2, 0.25) is 11.8 Å². The number of rotatable bonds is 6. The number of nitrogens with zero attached hydrogens (tertiary/aromatic N) is 5. The van der Waals surface area contributed by atoms with Crippen LogP contribution in [-0.4, -0.2) is 76.1 Å². The number of aromatic nitrogens is 2. The van der Waals surface area contributed by atoms with Crippen LogP contribution >= 0.6 is 0 Å². The van der Waals surface area contributed by atoms with Gasteiger partial charge in [-0.05, 0) is 12.3 Å². The zero-order valence-electron chi connectivity index (χ0n) is 15.8. The molecule has 2 saturated heterocycles. The third kappa shape index (κ3) is 4.58. The molecule has 2 atom stereocenters. The minimum absolute atomic E-state index is 0.191. The molecule has 0 radical (unpaired) electrons. The lowest BCUT2D eigenvalue weighted by molar-refractivity contribution is -0.130. The number of carbonyl (C=O) groups is 1. The van der Waals surface area contributed by atoms with Crippen LogP contribution in [0.5, 0.6) is 0 Å². The summed E-state index contributed by atoms with van der Waals surface area (Å²) in [4.78, 5) is 22.9. The van der Waals surface area contributed by atoms with Gasteiger partial charge in [0.25, 0.3) is 0 Å². The number of unbranched alkanes of at least 4 members (excludes halogenated alkanes) is 1. The second-order valence-corrected chi connectivity index (χ2v) is 7.49. The van der Waals surface area contributed by atoms with Gasteiger partial charge in [-0.15, -0.1) is 0 Å². The summed E-state index contributed by atoms with van der Waals surface area (Å²) < 4.78 is 5.35. The lowest BCUT2D eigenvalue weighted by atomic mass is 10.0. The van der Waals surface area contributed by atoms with Crippen LogP contribution in [-0.2, 0) is 17.8 Å². The summed E-state index contributed by atoms with van der Waals surface area (Å²) in [6, 6.07) is 0.556. The predicted molar refractivity (Wildman–Crippen MR) is 95.0 cm³/mol. The van der Waals surface area contributed by atoms with Crippen molar-refractivity contribution < 1.29 is 9.32 Å². The van der Waals surface area contributed by atoms with Gasteiger partial charge in [0.15, 0.2) is 5.82 Å². The van der Waals surface area contributed by atoms with Crippen LogP contribution < -0.4 is 0 Å². The topological polar surface area (TPSA) is 65.7 Å². The van der Waals surface area contributed by atoms with E-state index >= 15 is 0 Å². The Morgan fingerprint density at radius 2 is 2.00 bits per heavy atom. The van der Waals surface area contributed by atoms with Gasteiger partial charge in [0, 0.05) is 58.7 Å². The molecule has 2 aliphatic rings. The lowest BCUT2D eigenvalue weighted by Crippen LogP contribution is -2.53. The molecular formula is C18H31N5O2. The Hall–Kier alpha value is -1.47. The van der Waals surface area contributed by atoms with Crippen LogP contribution in [0.2, 0.25) is 0 Å². The third-order valence-corrected chi connectivity index (χ3v) is 5.50. The first-order chi connectivity index (χ1) is 12.1. The molecule has 0 saturated carbocycles. The fourth-order valence-corrected chi connectivity index (χ4v) is 4.00.